The predicted molar refractivity (Wildman–Crippen MR) is 146 cm³/mol. The van der Waals surface area contributed by atoms with Gasteiger partial charge in [0.1, 0.15) is 17.6 Å². The molecule has 5 atom stereocenters. The molecule has 41 heavy (non-hydrogen) atoms. The number of phenolic OH excluding ortho intramolecular Hbond substituents is 2. The number of hydrogen-bond acceptors (Lipinski definition) is 12. The molecule has 1 aliphatic carbocycles. The van der Waals surface area contributed by atoms with Gasteiger partial charge in [0.2, 0.25) is 17.5 Å². The molecule has 0 fully saturated rings. The number of nitrogens with one attached hydrogen (secondary N) is 1. The molecule has 224 valence electrons. The number of likely N-dealkylation sites (N-methyl/N-ethyl adjacent to an activating group) is 1. The van der Waals surface area contributed by atoms with Gasteiger partial charge in [-0.25, -0.2) is 0 Å². The van der Waals surface area contributed by atoms with Crippen molar-refractivity contribution in [2.75, 3.05) is 41.4 Å². The van der Waals surface area contributed by atoms with Crippen LogP contribution in [0.15, 0.2) is 22.5 Å². The number of nitrogens with zero attached hydrogens (tertiary/aromatic N) is 2. The predicted octanol–water partition coefficient (Wildman–Crippen LogP) is 0.225. The zero-order chi connectivity index (χ0) is 30.7. The number of aliphatic hydroxyl groups is 2. The molecule has 0 spiro atoms. The number of phenols is 2. The lowest BCUT2D eigenvalue weighted by Gasteiger charge is -2.58. The molecule has 13 heteroatoms. The first-order valence-corrected chi connectivity index (χ1v) is 13.2. The molecule has 2 heterocycles. The van der Waals surface area contributed by atoms with Gasteiger partial charge in [-0.05, 0) is 41.3 Å². The summed E-state index contributed by atoms with van der Waals surface area (Å²) in [4.78, 5) is 42.2. The number of methoxy groups -OCH3 is 2. The van der Waals surface area contributed by atoms with Crippen LogP contribution in [0.3, 0.4) is 0 Å². The Labute approximate surface area is 237 Å². The third kappa shape index (κ3) is 4.48. The van der Waals surface area contributed by atoms with E-state index in [-0.39, 0.29) is 75.9 Å². The number of aliphatic hydroxyl groups excluding tert-OH is 1. The summed E-state index contributed by atoms with van der Waals surface area (Å²) in [7, 11) is 6.09. The number of hydrogen-bond donors (Lipinski definition) is 6. The average molecular weight is 575 g/mol. The lowest BCUT2D eigenvalue weighted by Crippen LogP contribution is -2.69. The number of aromatic hydroxyl groups is 2. The van der Waals surface area contributed by atoms with E-state index in [4.69, 9.17) is 15.2 Å². The second-order valence-electron chi connectivity index (χ2n) is 11.1. The van der Waals surface area contributed by atoms with Crippen LogP contribution in [0.5, 0.6) is 17.2 Å². The van der Waals surface area contributed by atoms with Gasteiger partial charge in [0.05, 0.1) is 19.2 Å². The Hall–Kier alpha value is -3.49. The van der Waals surface area contributed by atoms with E-state index >= 15 is 0 Å². The van der Waals surface area contributed by atoms with Crippen molar-refractivity contribution in [2.45, 2.75) is 57.1 Å². The third-order valence-corrected chi connectivity index (χ3v) is 8.21. The minimum Gasteiger partial charge on any atom is -0.507 e. The molecule has 4 rings (SSSR count). The topological polar surface area (TPSA) is 195 Å². The first kappa shape index (κ1) is 30.5. The number of benzene rings is 1. The summed E-state index contributed by atoms with van der Waals surface area (Å²) in [6.45, 7) is 4.00. The number of fused-ring (bicyclic) bond motifs is 3. The molecule has 0 radical (unpaired) electrons. The summed E-state index contributed by atoms with van der Waals surface area (Å²) in [5, 5.41) is 49.3. The van der Waals surface area contributed by atoms with E-state index in [1.165, 1.54) is 33.0 Å². The van der Waals surface area contributed by atoms with Crippen LogP contribution in [0.25, 0.3) is 0 Å². The molecule has 1 aromatic carbocycles. The SMILES string of the molecule is COc1c(C)c(O)c2c(c1O)[C@@H]1CC3=C(C(=O)C(=O)C(C)=C3O)C(CNC(=O)C(C)N)N1[C@](O)(CN(C)C)[C@H]2OC. The monoisotopic (exact) mass is 574 g/mol. The minimum atomic E-state index is -1.99. The quantitative estimate of drug-likeness (QED) is 0.148. The number of carbonyl (C=O) groups excluding carboxylic acids is 3. The lowest BCUT2D eigenvalue weighted by atomic mass is 9.71. The number of allylic oxidation sites excluding steroid dienone is 2. The van der Waals surface area contributed by atoms with E-state index < -0.39 is 47.4 Å². The van der Waals surface area contributed by atoms with Crippen molar-refractivity contribution in [1.29, 1.82) is 0 Å². The van der Waals surface area contributed by atoms with Crippen LogP contribution in [-0.2, 0) is 19.1 Å². The van der Waals surface area contributed by atoms with E-state index in [0.29, 0.717) is 0 Å². The fraction of sp³-hybridized carbons (Fsp3) is 0.536. The van der Waals surface area contributed by atoms with Crippen LogP contribution in [0, 0.1) is 6.92 Å². The van der Waals surface area contributed by atoms with Crippen LogP contribution >= 0.6 is 0 Å². The lowest BCUT2D eigenvalue weighted by molar-refractivity contribution is -0.234. The van der Waals surface area contributed by atoms with Crippen LogP contribution in [0.1, 0.15) is 49.1 Å². The normalized spacial score (nSPS) is 27.0. The van der Waals surface area contributed by atoms with Crippen molar-refractivity contribution in [1.82, 2.24) is 15.1 Å². The van der Waals surface area contributed by atoms with E-state index in [1.54, 1.807) is 25.9 Å². The van der Waals surface area contributed by atoms with Crippen LogP contribution in [0.4, 0.5) is 0 Å². The van der Waals surface area contributed by atoms with Crippen LogP contribution in [-0.4, -0.2) is 107 Å². The Morgan fingerprint density at radius 3 is 2.32 bits per heavy atom. The molecule has 13 nitrogen and oxygen atoms in total. The molecule has 0 saturated heterocycles. The standard InChI is InChI=1S/C28H38N4O9/c1-11-20(33)14-8-15-18-19(21(34)12(2)25(40-6)24(18)37)26(41-7)28(39,10-31(4)5)32(15)16(9-30-27(38)13(3)29)17(14)23(36)22(11)35/h13,15-16,26,33-34,37,39H,8-10,29H2,1-7H3,(H,30,38)/t13?,15-,16?,26-,28-/m0/s1. The van der Waals surface area contributed by atoms with Crippen molar-refractivity contribution in [3.63, 3.8) is 0 Å². The maximum atomic E-state index is 13.5. The second-order valence-corrected chi connectivity index (χ2v) is 11.1. The zero-order valence-corrected chi connectivity index (χ0v) is 24.2. The Morgan fingerprint density at radius 2 is 1.78 bits per heavy atom. The number of rotatable bonds is 7. The number of carbonyl (C=O) groups is 3. The fourth-order valence-corrected chi connectivity index (χ4v) is 6.46. The molecule has 0 bridgehead atoms. The first-order valence-electron chi connectivity index (χ1n) is 13.2. The van der Waals surface area contributed by atoms with Crippen molar-refractivity contribution in [2.24, 2.45) is 5.73 Å². The van der Waals surface area contributed by atoms with Crippen molar-refractivity contribution < 1.29 is 44.3 Å². The Balaban J connectivity index is 2.11. The molecular weight excluding hydrogens is 536 g/mol. The zero-order valence-electron chi connectivity index (χ0n) is 24.2. The average Bonchev–Trinajstić information content (AvgIpc) is 2.91. The van der Waals surface area contributed by atoms with Gasteiger partial charge in [-0.1, -0.05) is 0 Å². The molecule has 2 unspecified atom stereocenters. The minimum absolute atomic E-state index is 0.00142. The van der Waals surface area contributed by atoms with E-state index in [9.17, 15) is 34.8 Å². The smallest absolute Gasteiger partial charge is 0.236 e. The number of ketones is 2. The highest BCUT2D eigenvalue weighted by molar-refractivity contribution is 6.50. The molecule has 7 N–H and O–H groups in total. The summed E-state index contributed by atoms with van der Waals surface area (Å²) in [6, 6.07) is -3.05. The van der Waals surface area contributed by atoms with Gasteiger partial charge in [-0.2, -0.15) is 0 Å². The van der Waals surface area contributed by atoms with E-state index in [0.717, 1.165) is 0 Å². The molecule has 1 aromatic rings. The summed E-state index contributed by atoms with van der Waals surface area (Å²) >= 11 is 0. The van der Waals surface area contributed by atoms with E-state index in [1.807, 2.05) is 0 Å². The highest BCUT2D eigenvalue weighted by Crippen LogP contribution is 2.60. The third-order valence-electron chi connectivity index (χ3n) is 8.21. The number of nitrogens with two attached hydrogens (primary N) is 1. The van der Waals surface area contributed by atoms with Gasteiger partial charge >= 0.3 is 0 Å². The van der Waals surface area contributed by atoms with Gasteiger partial charge in [-0.15, -0.1) is 0 Å². The van der Waals surface area contributed by atoms with Gasteiger partial charge in [0.25, 0.3) is 0 Å². The maximum Gasteiger partial charge on any atom is 0.236 e. The summed E-state index contributed by atoms with van der Waals surface area (Å²) < 4.78 is 11.2. The second kappa shape index (κ2) is 10.7. The molecule has 3 aliphatic rings. The van der Waals surface area contributed by atoms with Crippen molar-refractivity contribution in [3.05, 3.63) is 39.2 Å². The molecule has 1 amide bonds. The van der Waals surface area contributed by atoms with Gasteiger partial charge in [0.15, 0.2) is 17.2 Å². The fourth-order valence-electron chi connectivity index (χ4n) is 6.46. The Bertz CT molecular complexity index is 1380. The Kier molecular flexibility index (Phi) is 7.97. The molecule has 0 saturated carbocycles. The summed E-state index contributed by atoms with van der Waals surface area (Å²) in [6.07, 6.45) is -1.41. The largest absolute Gasteiger partial charge is 0.507 e. The number of ether oxygens (including phenoxy) is 2. The van der Waals surface area contributed by atoms with Crippen molar-refractivity contribution in [3.8, 4) is 17.2 Å². The highest BCUT2D eigenvalue weighted by Gasteiger charge is 2.60. The van der Waals surface area contributed by atoms with Gasteiger partial charge in [-0.3, -0.25) is 19.3 Å². The van der Waals surface area contributed by atoms with Gasteiger partial charge in [0, 0.05) is 59.7 Å². The summed E-state index contributed by atoms with van der Waals surface area (Å²) in [5.74, 6) is -3.29. The highest BCUT2D eigenvalue weighted by atomic mass is 16.5. The molecule has 2 aliphatic heterocycles. The van der Waals surface area contributed by atoms with Crippen LogP contribution < -0.4 is 15.8 Å². The first-order chi connectivity index (χ1) is 19.1. The van der Waals surface area contributed by atoms with Gasteiger partial charge < -0.3 is 45.9 Å². The number of Topliss-reactive ketones (excluding diaryl/α,β-unsaturated/α-hetero) is 2. The Morgan fingerprint density at radius 1 is 1.15 bits per heavy atom. The molecule has 0 aromatic heterocycles. The molecular formula is C28H38N4O9. The van der Waals surface area contributed by atoms with Crippen LogP contribution in [0.2, 0.25) is 0 Å². The maximum absolute atomic E-state index is 13.5. The number of amides is 1. The summed E-state index contributed by atoms with van der Waals surface area (Å²) in [5.41, 5.74) is 4.19. The van der Waals surface area contributed by atoms with E-state index in [2.05, 4.69) is 5.32 Å². The van der Waals surface area contributed by atoms with Crippen molar-refractivity contribution >= 4 is 17.5 Å².